The van der Waals surface area contributed by atoms with Crippen molar-refractivity contribution < 1.29 is 0 Å². The second-order valence-corrected chi connectivity index (χ2v) is 4.25. The molecule has 0 radical (unpaired) electrons. The van der Waals surface area contributed by atoms with Gasteiger partial charge in [-0.2, -0.15) is 0 Å². The van der Waals surface area contributed by atoms with Crippen LogP contribution in [0.4, 0.5) is 0 Å². The van der Waals surface area contributed by atoms with Gasteiger partial charge in [0.2, 0.25) is 0 Å². The molecule has 0 aliphatic rings. The van der Waals surface area contributed by atoms with Crippen LogP contribution in [-0.2, 0) is 0 Å². The molecule has 0 aliphatic heterocycles. The van der Waals surface area contributed by atoms with Crippen LogP contribution in [0.5, 0.6) is 0 Å². The zero-order chi connectivity index (χ0) is 10.6. The average molecular weight is 199 g/mol. The lowest BCUT2D eigenvalue weighted by Crippen LogP contribution is -2.28. The minimum Gasteiger partial charge on any atom is -0.314 e. The normalized spacial score (nSPS) is 11.1. The maximum Gasteiger partial charge on any atom is 0.00669 e. The molecule has 0 aromatic rings. The summed E-state index contributed by atoms with van der Waals surface area (Å²) in [5.74, 6) is 0. The van der Waals surface area contributed by atoms with Gasteiger partial charge in [-0.3, -0.25) is 0 Å². The molecule has 1 N–H and O–H groups in total. The third-order valence-corrected chi connectivity index (χ3v) is 2.81. The fraction of sp³-hybridized carbons (Fsp3) is 1.00. The molecule has 0 fully saturated rings. The molecule has 0 saturated carbocycles. The molecule has 0 aromatic heterocycles. The van der Waals surface area contributed by atoms with Crippen LogP contribution in [0.1, 0.15) is 72.1 Å². The van der Waals surface area contributed by atoms with Gasteiger partial charge in [0, 0.05) is 6.04 Å². The average Bonchev–Trinajstić information content (AvgIpc) is 2.18. The minimum absolute atomic E-state index is 0.790. The van der Waals surface area contributed by atoms with Gasteiger partial charge in [-0.15, -0.1) is 0 Å². The van der Waals surface area contributed by atoms with Gasteiger partial charge in [-0.1, -0.05) is 59.3 Å². The van der Waals surface area contributed by atoms with Crippen LogP contribution in [0.25, 0.3) is 0 Å². The van der Waals surface area contributed by atoms with Crippen molar-refractivity contribution in [2.45, 2.75) is 78.2 Å². The molecule has 0 aromatic carbocycles. The van der Waals surface area contributed by atoms with Crippen molar-refractivity contribution in [2.24, 2.45) is 0 Å². The van der Waals surface area contributed by atoms with Gasteiger partial charge < -0.3 is 5.32 Å². The molecule has 14 heavy (non-hydrogen) atoms. The molecule has 0 aliphatic carbocycles. The maximum absolute atomic E-state index is 3.60. The number of hydrogen-bond donors (Lipinski definition) is 1. The summed E-state index contributed by atoms with van der Waals surface area (Å²) >= 11 is 0. The van der Waals surface area contributed by atoms with E-state index in [1.807, 2.05) is 0 Å². The molecule has 0 saturated heterocycles. The lowest BCUT2D eigenvalue weighted by molar-refractivity contribution is 0.427. The zero-order valence-corrected chi connectivity index (χ0v) is 10.4. The summed E-state index contributed by atoms with van der Waals surface area (Å²) in [4.78, 5) is 0. The van der Waals surface area contributed by atoms with Crippen LogP contribution < -0.4 is 5.32 Å². The Morgan fingerprint density at radius 1 is 0.786 bits per heavy atom. The fourth-order valence-electron chi connectivity index (χ4n) is 1.92. The van der Waals surface area contributed by atoms with E-state index in [9.17, 15) is 0 Å². The summed E-state index contributed by atoms with van der Waals surface area (Å²) in [5.41, 5.74) is 0. The van der Waals surface area contributed by atoms with Crippen molar-refractivity contribution in [1.29, 1.82) is 0 Å². The predicted octanol–water partition coefficient (Wildman–Crippen LogP) is 4.13. The van der Waals surface area contributed by atoms with Gasteiger partial charge in [0.05, 0.1) is 0 Å². The Hall–Kier alpha value is -0.0400. The quantitative estimate of drug-likeness (QED) is 0.522. The minimum atomic E-state index is 0.790. The van der Waals surface area contributed by atoms with Crippen molar-refractivity contribution in [3.63, 3.8) is 0 Å². The molecule has 1 heteroatoms. The van der Waals surface area contributed by atoms with E-state index in [-0.39, 0.29) is 0 Å². The molecule has 1 nitrogen and oxygen atoms in total. The SMILES string of the molecule is CCCCCC(CCCCC)NCC. The maximum atomic E-state index is 3.60. The van der Waals surface area contributed by atoms with Crippen LogP contribution >= 0.6 is 0 Å². The number of nitrogens with one attached hydrogen (secondary N) is 1. The van der Waals surface area contributed by atoms with E-state index in [0.717, 1.165) is 12.6 Å². The van der Waals surface area contributed by atoms with E-state index in [1.165, 1.54) is 51.4 Å². The smallest absolute Gasteiger partial charge is 0.00669 e. The molecule has 86 valence electrons. The summed E-state index contributed by atoms with van der Waals surface area (Å²) in [5, 5.41) is 3.60. The highest BCUT2D eigenvalue weighted by atomic mass is 14.9. The highest BCUT2D eigenvalue weighted by Gasteiger charge is 2.05. The van der Waals surface area contributed by atoms with E-state index in [0.29, 0.717) is 0 Å². The Morgan fingerprint density at radius 2 is 1.29 bits per heavy atom. The van der Waals surface area contributed by atoms with Crippen molar-refractivity contribution in [1.82, 2.24) is 5.32 Å². The van der Waals surface area contributed by atoms with Crippen LogP contribution in [0.3, 0.4) is 0 Å². The standard InChI is InChI=1S/C13H29N/c1-4-7-9-11-13(14-6-3)12-10-8-5-2/h13-14H,4-12H2,1-3H3. The number of rotatable bonds is 10. The van der Waals surface area contributed by atoms with Gasteiger partial charge in [-0.05, 0) is 19.4 Å². The Labute approximate surface area is 90.7 Å². The first-order chi connectivity index (χ1) is 6.85. The second-order valence-electron chi connectivity index (χ2n) is 4.25. The fourth-order valence-corrected chi connectivity index (χ4v) is 1.92. The van der Waals surface area contributed by atoms with E-state index < -0.39 is 0 Å². The largest absolute Gasteiger partial charge is 0.314 e. The van der Waals surface area contributed by atoms with E-state index >= 15 is 0 Å². The number of hydrogen-bond acceptors (Lipinski definition) is 1. The summed E-state index contributed by atoms with van der Waals surface area (Å²) in [6, 6.07) is 0.790. The zero-order valence-electron chi connectivity index (χ0n) is 10.4. The Bertz CT molecular complexity index is 91.4. The Balaban J connectivity index is 3.44. The van der Waals surface area contributed by atoms with Crippen molar-refractivity contribution in [3.05, 3.63) is 0 Å². The monoisotopic (exact) mass is 199 g/mol. The lowest BCUT2D eigenvalue weighted by atomic mass is 10.0. The first-order valence-electron chi connectivity index (χ1n) is 6.58. The van der Waals surface area contributed by atoms with E-state index in [1.54, 1.807) is 0 Å². The molecule has 0 bridgehead atoms. The Kier molecular flexibility index (Phi) is 11.0. The van der Waals surface area contributed by atoms with Crippen LogP contribution in [0.15, 0.2) is 0 Å². The van der Waals surface area contributed by atoms with Crippen molar-refractivity contribution in [2.75, 3.05) is 6.54 Å². The highest BCUT2D eigenvalue weighted by molar-refractivity contribution is 4.65. The molecule has 0 rings (SSSR count). The van der Waals surface area contributed by atoms with Crippen LogP contribution in [0, 0.1) is 0 Å². The third kappa shape index (κ3) is 8.55. The van der Waals surface area contributed by atoms with Crippen LogP contribution in [0.2, 0.25) is 0 Å². The molecule has 0 unspecified atom stereocenters. The van der Waals surface area contributed by atoms with Crippen LogP contribution in [-0.4, -0.2) is 12.6 Å². The lowest BCUT2D eigenvalue weighted by Gasteiger charge is -2.17. The van der Waals surface area contributed by atoms with Gasteiger partial charge in [0.15, 0.2) is 0 Å². The van der Waals surface area contributed by atoms with E-state index in [4.69, 9.17) is 0 Å². The molecular weight excluding hydrogens is 170 g/mol. The molecule has 0 heterocycles. The molecule has 0 spiro atoms. The van der Waals surface area contributed by atoms with Gasteiger partial charge in [0.25, 0.3) is 0 Å². The van der Waals surface area contributed by atoms with Gasteiger partial charge in [0.1, 0.15) is 0 Å². The second kappa shape index (κ2) is 11.0. The summed E-state index contributed by atoms with van der Waals surface area (Å²) in [6.07, 6.45) is 11.0. The predicted molar refractivity (Wildman–Crippen MR) is 65.7 cm³/mol. The highest BCUT2D eigenvalue weighted by Crippen LogP contribution is 2.10. The molecular formula is C13H29N. The van der Waals surface area contributed by atoms with Crippen molar-refractivity contribution in [3.8, 4) is 0 Å². The van der Waals surface area contributed by atoms with Crippen molar-refractivity contribution >= 4 is 0 Å². The summed E-state index contributed by atoms with van der Waals surface area (Å²) in [6.45, 7) is 7.90. The third-order valence-electron chi connectivity index (χ3n) is 2.81. The summed E-state index contributed by atoms with van der Waals surface area (Å²) in [7, 11) is 0. The Morgan fingerprint density at radius 3 is 1.64 bits per heavy atom. The molecule has 0 amide bonds. The summed E-state index contributed by atoms with van der Waals surface area (Å²) < 4.78 is 0. The molecule has 0 atom stereocenters. The first kappa shape index (κ1) is 14.0. The number of unbranched alkanes of at least 4 members (excludes halogenated alkanes) is 4. The van der Waals surface area contributed by atoms with Gasteiger partial charge in [-0.25, -0.2) is 0 Å². The topological polar surface area (TPSA) is 12.0 Å². The first-order valence-corrected chi connectivity index (χ1v) is 6.58. The van der Waals surface area contributed by atoms with Gasteiger partial charge >= 0.3 is 0 Å². The van der Waals surface area contributed by atoms with E-state index in [2.05, 4.69) is 26.1 Å².